The summed E-state index contributed by atoms with van der Waals surface area (Å²) in [6, 6.07) is 3.47. The lowest BCUT2D eigenvalue weighted by Gasteiger charge is -1.98. The summed E-state index contributed by atoms with van der Waals surface area (Å²) in [5.41, 5.74) is 12.1. The van der Waals surface area contributed by atoms with Crippen LogP contribution in [-0.2, 0) is 0 Å². The molecule has 0 aliphatic carbocycles. The van der Waals surface area contributed by atoms with Gasteiger partial charge in [-0.3, -0.25) is 0 Å². The van der Waals surface area contributed by atoms with Crippen LogP contribution in [0.25, 0.3) is 6.08 Å². The summed E-state index contributed by atoms with van der Waals surface area (Å²) in [5.74, 6) is 0.359. The summed E-state index contributed by atoms with van der Waals surface area (Å²) in [4.78, 5) is 3.93. The zero-order valence-electron chi connectivity index (χ0n) is 5.54. The monoisotopic (exact) mass is 135 g/mol. The van der Waals surface area contributed by atoms with Crippen LogP contribution in [-0.4, -0.2) is 4.98 Å². The summed E-state index contributed by atoms with van der Waals surface area (Å²) in [6.45, 7) is 3.54. The number of hydrogen-bond donors (Lipinski definition) is 2. The molecule has 0 aromatic carbocycles. The Balaban J connectivity index is 3.16. The molecule has 0 radical (unpaired) electrons. The van der Waals surface area contributed by atoms with Gasteiger partial charge in [-0.1, -0.05) is 6.58 Å². The zero-order chi connectivity index (χ0) is 7.56. The highest BCUT2D eigenvalue weighted by atomic mass is 14.9. The van der Waals surface area contributed by atoms with Crippen LogP contribution in [0, 0.1) is 0 Å². The highest BCUT2D eigenvalue weighted by Crippen LogP contribution is 2.11. The first-order chi connectivity index (χ1) is 4.74. The van der Waals surface area contributed by atoms with Crippen LogP contribution in [0.4, 0.5) is 11.5 Å². The molecule has 0 atom stereocenters. The van der Waals surface area contributed by atoms with Gasteiger partial charge in [0.2, 0.25) is 0 Å². The minimum atomic E-state index is 0.359. The number of pyridine rings is 1. The normalized spacial score (nSPS) is 9.20. The van der Waals surface area contributed by atoms with E-state index in [0.717, 1.165) is 5.69 Å². The molecule has 3 heteroatoms. The van der Waals surface area contributed by atoms with Gasteiger partial charge in [-0.15, -0.1) is 0 Å². The van der Waals surface area contributed by atoms with E-state index in [0.29, 0.717) is 11.5 Å². The first-order valence-electron chi connectivity index (χ1n) is 2.88. The molecule has 1 rings (SSSR count). The average Bonchev–Trinajstić information content (AvgIpc) is 1.95. The Labute approximate surface area is 59.4 Å². The largest absolute Gasteiger partial charge is 0.396 e. The molecule has 0 amide bonds. The van der Waals surface area contributed by atoms with Gasteiger partial charge in [0.1, 0.15) is 5.82 Å². The average molecular weight is 135 g/mol. The highest BCUT2D eigenvalue weighted by Gasteiger charge is 1.93. The van der Waals surface area contributed by atoms with Gasteiger partial charge in [-0.2, -0.15) is 0 Å². The molecule has 1 aromatic rings. The Kier molecular flexibility index (Phi) is 1.58. The van der Waals surface area contributed by atoms with Crippen LogP contribution in [0.3, 0.4) is 0 Å². The Hall–Kier alpha value is -1.51. The first-order valence-corrected chi connectivity index (χ1v) is 2.88. The molecule has 10 heavy (non-hydrogen) atoms. The lowest BCUT2D eigenvalue weighted by Crippen LogP contribution is -1.97. The van der Waals surface area contributed by atoms with E-state index in [-0.39, 0.29) is 0 Å². The number of aromatic nitrogens is 1. The van der Waals surface area contributed by atoms with E-state index in [2.05, 4.69) is 11.6 Å². The topological polar surface area (TPSA) is 64.9 Å². The Bertz CT molecular complexity index is 255. The van der Waals surface area contributed by atoms with E-state index >= 15 is 0 Å². The third-order valence-electron chi connectivity index (χ3n) is 1.19. The van der Waals surface area contributed by atoms with Crippen molar-refractivity contribution in [1.29, 1.82) is 0 Å². The third kappa shape index (κ3) is 1.07. The zero-order valence-corrected chi connectivity index (χ0v) is 5.54. The number of rotatable bonds is 1. The molecule has 1 heterocycles. The number of nitrogen functional groups attached to an aromatic ring is 2. The minimum absolute atomic E-state index is 0.359. The molecule has 0 unspecified atom stereocenters. The summed E-state index contributed by atoms with van der Waals surface area (Å²) < 4.78 is 0. The lowest BCUT2D eigenvalue weighted by atomic mass is 10.3. The van der Waals surface area contributed by atoms with Gasteiger partial charge < -0.3 is 11.5 Å². The van der Waals surface area contributed by atoms with Gasteiger partial charge >= 0.3 is 0 Å². The molecule has 1 aromatic heterocycles. The number of nitrogens with two attached hydrogens (primary N) is 2. The Morgan fingerprint density at radius 2 is 2.10 bits per heavy atom. The van der Waals surface area contributed by atoms with Crippen LogP contribution < -0.4 is 11.5 Å². The molecule has 4 N–H and O–H groups in total. The quantitative estimate of drug-likeness (QED) is 0.601. The van der Waals surface area contributed by atoms with E-state index in [1.807, 2.05) is 0 Å². The van der Waals surface area contributed by atoms with Crippen molar-refractivity contribution in [3.8, 4) is 0 Å². The van der Waals surface area contributed by atoms with Gasteiger partial charge in [0, 0.05) is 0 Å². The van der Waals surface area contributed by atoms with Crippen molar-refractivity contribution in [2.45, 2.75) is 0 Å². The van der Waals surface area contributed by atoms with E-state index in [9.17, 15) is 0 Å². The van der Waals surface area contributed by atoms with Crippen LogP contribution in [0.15, 0.2) is 18.7 Å². The van der Waals surface area contributed by atoms with E-state index in [4.69, 9.17) is 11.5 Å². The Morgan fingerprint density at radius 1 is 1.40 bits per heavy atom. The summed E-state index contributed by atoms with van der Waals surface area (Å²) in [6.07, 6.45) is 1.62. The fraction of sp³-hybridized carbons (Fsp3) is 0. The maximum Gasteiger partial charge on any atom is 0.147 e. The second-order valence-corrected chi connectivity index (χ2v) is 1.91. The summed E-state index contributed by atoms with van der Waals surface area (Å²) in [5, 5.41) is 0. The second-order valence-electron chi connectivity index (χ2n) is 1.91. The molecule has 0 spiro atoms. The standard InChI is InChI=1S/C7H9N3/c1-2-5-3-4-6(8)7(9)10-5/h2-4H,1,8H2,(H2,9,10). The van der Waals surface area contributed by atoms with E-state index in [1.54, 1.807) is 18.2 Å². The number of hydrogen-bond acceptors (Lipinski definition) is 3. The first kappa shape index (κ1) is 6.61. The van der Waals surface area contributed by atoms with Gasteiger partial charge in [0.05, 0.1) is 11.4 Å². The van der Waals surface area contributed by atoms with E-state index in [1.165, 1.54) is 0 Å². The minimum Gasteiger partial charge on any atom is -0.396 e. The summed E-state index contributed by atoms with van der Waals surface area (Å²) in [7, 11) is 0. The molecular weight excluding hydrogens is 126 g/mol. The van der Waals surface area contributed by atoms with Gasteiger partial charge in [-0.05, 0) is 18.2 Å². The molecule has 0 aliphatic heterocycles. The van der Waals surface area contributed by atoms with Crippen molar-refractivity contribution < 1.29 is 0 Å². The maximum atomic E-state index is 5.42. The van der Waals surface area contributed by atoms with Crippen molar-refractivity contribution in [3.05, 3.63) is 24.4 Å². The van der Waals surface area contributed by atoms with Gasteiger partial charge in [0.25, 0.3) is 0 Å². The summed E-state index contributed by atoms with van der Waals surface area (Å²) >= 11 is 0. The van der Waals surface area contributed by atoms with Crippen molar-refractivity contribution in [2.24, 2.45) is 0 Å². The lowest BCUT2D eigenvalue weighted by molar-refractivity contribution is 1.31. The molecule has 0 aliphatic rings. The van der Waals surface area contributed by atoms with Crippen molar-refractivity contribution in [2.75, 3.05) is 11.5 Å². The molecule has 0 bridgehead atoms. The molecule has 0 saturated heterocycles. The number of nitrogens with zero attached hydrogens (tertiary/aromatic N) is 1. The molecular formula is C7H9N3. The van der Waals surface area contributed by atoms with E-state index < -0.39 is 0 Å². The van der Waals surface area contributed by atoms with Crippen molar-refractivity contribution in [3.63, 3.8) is 0 Å². The van der Waals surface area contributed by atoms with Gasteiger partial charge in [-0.25, -0.2) is 4.98 Å². The SMILES string of the molecule is C=Cc1ccc(N)c(N)n1. The maximum absolute atomic E-state index is 5.42. The van der Waals surface area contributed by atoms with Crippen molar-refractivity contribution in [1.82, 2.24) is 4.98 Å². The fourth-order valence-electron chi connectivity index (χ4n) is 0.615. The third-order valence-corrected chi connectivity index (χ3v) is 1.19. The number of anilines is 2. The van der Waals surface area contributed by atoms with Crippen LogP contribution in [0.2, 0.25) is 0 Å². The second kappa shape index (κ2) is 2.39. The Morgan fingerprint density at radius 3 is 2.60 bits per heavy atom. The molecule has 3 nitrogen and oxygen atoms in total. The van der Waals surface area contributed by atoms with Crippen LogP contribution in [0.1, 0.15) is 5.69 Å². The highest BCUT2D eigenvalue weighted by molar-refractivity contribution is 5.60. The fourth-order valence-corrected chi connectivity index (χ4v) is 0.615. The predicted molar refractivity (Wildman–Crippen MR) is 43.2 cm³/mol. The molecule has 0 fully saturated rings. The smallest absolute Gasteiger partial charge is 0.147 e. The van der Waals surface area contributed by atoms with Crippen LogP contribution >= 0.6 is 0 Å². The van der Waals surface area contributed by atoms with Gasteiger partial charge in [0.15, 0.2) is 0 Å². The van der Waals surface area contributed by atoms with Crippen LogP contribution in [0.5, 0.6) is 0 Å². The van der Waals surface area contributed by atoms with Crippen molar-refractivity contribution >= 4 is 17.6 Å². The molecule has 52 valence electrons. The molecule has 0 saturated carbocycles. The predicted octanol–water partition coefficient (Wildman–Crippen LogP) is 0.889.